The first kappa shape index (κ1) is 17.8. The van der Waals surface area contributed by atoms with Gasteiger partial charge in [-0.15, -0.1) is 0 Å². The molecule has 1 unspecified atom stereocenters. The fourth-order valence-electron chi connectivity index (χ4n) is 2.84. The maximum atomic E-state index is 12.5. The summed E-state index contributed by atoms with van der Waals surface area (Å²) in [5, 5.41) is 2.66. The van der Waals surface area contributed by atoms with Gasteiger partial charge < -0.3 is 15.2 Å². The van der Waals surface area contributed by atoms with Crippen LogP contribution < -0.4 is 5.73 Å². The van der Waals surface area contributed by atoms with Crippen molar-refractivity contribution in [2.75, 3.05) is 19.7 Å². The molecule has 0 saturated carbocycles. The number of carbonyl (C=O) groups is 3. The normalized spacial score (nSPS) is 19.5. The Morgan fingerprint density at radius 2 is 1.96 bits per heavy atom. The van der Waals surface area contributed by atoms with E-state index in [1.807, 2.05) is 30.3 Å². The van der Waals surface area contributed by atoms with E-state index in [0.717, 1.165) is 10.6 Å². The van der Waals surface area contributed by atoms with Crippen LogP contribution in [0, 0.1) is 0 Å². The van der Waals surface area contributed by atoms with Gasteiger partial charge in [0.2, 0.25) is 0 Å². The summed E-state index contributed by atoms with van der Waals surface area (Å²) < 4.78 is 10.3. The standard InChI is InChI=1S/C18H19N3O5/c1-2-8-25-18(24)15-13(9-20-10-14(19)16(22)21(15)20)17(23)26-11-12-6-4-3-5-7-12/h2-7,14H,1,8-11,19H2. The summed E-state index contributed by atoms with van der Waals surface area (Å²) in [5.74, 6) is -1.92. The summed E-state index contributed by atoms with van der Waals surface area (Å²) >= 11 is 0. The summed E-state index contributed by atoms with van der Waals surface area (Å²) in [4.78, 5) is 37.2. The van der Waals surface area contributed by atoms with Gasteiger partial charge in [-0.05, 0) is 5.56 Å². The van der Waals surface area contributed by atoms with E-state index in [9.17, 15) is 14.4 Å². The Bertz CT molecular complexity index is 774. The smallest absolute Gasteiger partial charge is 0.357 e. The molecule has 0 aromatic heterocycles. The number of hydrogen-bond donors (Lipinski definition) is 1. The first-order valence-corrected chi connectivity index (χ1v) is 8.09. The minimum atomic E-state index is -0.790. The molecule has 3 rings (SSSR count). The highest BCUT2D eigenvalue weighted by molar-refractivity contribution is 6.05. The second-order valence-electron chi connectivity index (χ2n) is 5.88. The van der Waals surface area contributed by atoms with Gasteiger partial charge in [0.05, 0.1) is 12.1 Å². The molecule has 1 amide bonds. The fraction of sp³-hybridized carbons (Fsp3) is 0.278. The Kier molecular flexibility index (Phi) is 5.15. The average Bonchev–Trinajstić information content (AvgIpc) is 3.15. The van der Waals surface area contributed by atoms with Gasteiger partial charge in [0.15, 0.2) is 5.70 Å². The molecule has 0 aliphatic carbocycles. The number of ether oxygens (including phenoxy) is 2. The van der Waals surface area contributed by atoms with Crippen LogP contribution in [-0.4, -0.2) is 53.6 Å². The van der Waals surface area contributed by atoms with Crippen LogP contribution in [0.1, 0.15) is 5.56 Å². The van der Waals surface area contributed by atoms with E-state index in [4.69, 9.17) is 15.2 Å². The molecule has 2 N–H and O–H groups in total. The van der Waals surface area contributed by atoms with Crippen molar-refractivity contribution < 1.29 is 23.9 Å². The zero-order valence-corrected chi connectivity index (χ0v) is 14.1. The largest absolute Gasteiger partial charge is 0.457 e. The van der Waals surface area contributed by atoms with Crippen molar-refractivity contribution in [2.45, 2.75) is 12.6 Å². The topological polar surface area (TPSA) is 102 Å². The lowest BCUT2D eigenvalue weighted by atomic mass is 10.2. The fourth-order valence-corrected chi connectivity index (χ4v) is 2.84. The number of fused-ring (bicyclic) bond motifs is 1. The highest BCUT2D eigenvalue weighted by Gasteiger charge is 2.48. The highest BCUT2D eigenvalue weighted by atomic mass is 16.5. The average molecular weight is 357 g/mol. The lowest BCUT2D eigenvalue weighted by Crippen LogP contribution is -2.38. The number of rotatable bonds is 6. The molecular weight excluding hydrogens is 338 g/mol. The second kappa shape index (κ2) is 7.51. The number of carbonyl (C=O) groups excluding carboxylic acids is 3. The Labute approximate surface area is 150 Å². The van der Waals surface area contributed by atoms with E-state index in [1.54, 1.807) is 0 Å². The molecule has 26 heavy (non-hydrogen) atoms. The van der Waals surface area contributed by atoms with Crippen molar-refractivity contribution in [3.8, 4) is 0 Å². The lowest BCUT2D eigenvalue weighted by molar-refractivity contribution is -0.146. The molecule has 1 atom stereocenters. The minimum Gasteiger partial charge on any atom is -0.457 e. The van der Waals surface area contributed by atoms with Gasteiger partial charge in [-0.2, -0.15) is 0 Å². The number of nitrogens with two attached hydrogens (primary N) is 1. The molecular formula is C18H19N3O5. The third-order valence-corrected chi connectivity index (χ3v) is 4.04. The van der Waals surface area contributed by atoms with Crippen molar-refractivity contribution in [1.82, 2.24) is 10.0 Å². The third kappa shape index (κ3) is 3.37. The summed E-state index contributed by atoms with van der Waals surface area (Å²) in [6.07, 6.45) is 1.40. The predicted octanol–water partition coefficient (Wildman–Crippen LogP) is 0.113. The number of amides is 1. The number of hydrazine groups is 1. The Balaban J connectivity index is 1.82. The number of hydrogen-bond acceptors (Lipinski definition) is 7. The van der Waals surface area contributed by atoms with Crippen LogP contribution in [0.15, 0.2) is 54.3 Å². The molecule has 8 nitrogen and oxygen atoms in total. The van der Waals surface area contributed by atoms with Gasteiger partial charge in [-0.25, -0.2) is 19.6 Å². The molecule has 0 radical (unpaired) electrons. The van der Waals surface area contributed by atoms with Gasteiger partial charge in [-0.3, -0.25) is 4.79 Å². The molecule has 8 heteroatoms. The zero-order valence-electron chi connectivity index (χ0n) is 14.1. The minimum absolute atomic E-state index is 0.0389. The molecule has 2 aliphatic heterocycles. The Hall–Kier alpha value is -2.97. The summed E-state index contributed by atoms with van der Waals surface area (Å²) in [7, 11) is 0. The third-order valence-electron chi connectivity index (χ3n) is 4.04. The zero-order chi connectivity index (χ0) is 18.7. The molecule has 2 aliphatic rings. The van der Waals surface area contributed by atoms with Crippen LogP contribution in [0.4, 0.5) is 0 Å². The van der Waals surface area contributed by atoms with Crippen molar-refractivity contribution >= 4 is 17.8 Å². The van der Waals surface area contributed by atoms with E-state index < -0.39 is 23.9 Å². The first-order valence-electron chi connectivity index (χ1n) is 8.09. The molecule has 136 valence electrons. The van der Waals surface area contributed by atoms with Crippen molar-refractivity contribution in [2.24, 2.45) is 5.73 Å². The Morgan fingerprint density at radius 1 is 1.23 bits per heavy atom. The monoisotopic (exact) mass is 357 g/mol. The van der Waals surface area contributed by atoms with Crippen LogP contribution in [0.3, 0.4) is 0 Å². The number of esters is 2. The van der Waals surface area contributed by atoms with Gasteiger partial charge in [0.1, 0.15) is 19.3 Å². The van der Waals surface area contributed by atoms with E-state index in [0.29, 0.717) is 0 Å². The highest BCUT2D eigenvalue weighted by Crippen LogP contribution is 2.30. The van der Waals surface area contributed by atoms with E-state index in [2.05, 4.69) is 6.58 Å². The quantitative estimate of drug-likeness (QED) is 0.569. The molecule has 0 spiro atoms. The molecule has 2 heterocycles. The molecule has 1 saturated heterocycles. The maximum absolute atomic E-state index is 12.5. The lowest BCUT2D eigenvalue weighted by Gasteiger charge is -2.20. The van der Waals surface area contributed by atoms with Crippen LogP contribution in [0.25, 0.3) is 0 Å². The summed E-state index contributed by atoms with van der Waals surface area (Å²) in [6.45, 7) is 3.77. The van der Waals surface area contributed by atoms with Gasteiger partial charge in [0.25, 0.3) is 5.91 Å². The SMILES string of the molecule is C=CCOC(=O)C1=C(C(=O)OCc2ccccc2)CN2CC(N)C(=O)N12. The predicted molar refractivity (Wildman–Crippen MR) is 90.8 cm³/mol. The second-order valence-corrected chi connectivity index (χ2v) is 5.88. The van der Waals surface area contributed by atoms with Crippen molar-refractivity contribution in [1.29, 1.82) is 0 Å². The molecule has 0 bridgehead atoms. The first-order chi connectivity index (χ1) is 12.5. The van der Waals surface area contributed by atoms with Gasteiger partial charge in [-0.1, -0.05) is 43.0 Å². The molecule has 1 aromatic rings. The van der Waals surface area contributed by atoms with Crippen LogP contribution >= 0.6 is 0 Å². The summed E-state index contributed by atoms with van der Waals surface area (Å²) in [6, 6.07) is 8.41. The molecule has 1 aromatic carbocycles. The van der Waals surface area contributed by atoms with Crippen LogP contribution in [0.5, 0.6) is 0 Å². The van der Waals surface area contributed by atoms with Crippen molar-refractivity contribution in [3.05, 3.63) is 59.8 Å². The van der Waals surface area contributed by atoms with E-state index >= 15 is 0 Å². The number of benzene rings is 1. The summed E-state index contributed by atoms with van der Waals surface area (Å²) in [5.41, 5.74) is 6.50. The molecule has 1 fully saturated rings. The number of nitrogens with zero attached hydrogens (tertiary/aromatic N) is 2. The van der Waals surface area contributed by atoms with Gasteiger partial charge >= 0.3 is 11.9 Å². The Morgan fingerprint density at radius 3 is 2.65 bits per heavy atom. The maximum Gasteiger partial charge on any atom is 0.357 e. The van der Waals surface area contributed by atoms with Crippen molar-refractivity contribution in [3.63, 3.8) is 0 Å². The van der Waals surface area contributed by atoms with Gasteiger partial charge in [0, 0.05) is 6.54 Å². The van der Waals surface area contributed by atoms with E-state index in [-0.39, 0.29) is 37.6 Å². The van der Waals surface area contributed by atoms with Crippen LogP contribution in [0.2, 0.25) is 0 Å². The van der Waals surface area contributed by atoms with Crippen LogP contribution in [-0.2, 0) is 30.5 Å². The van der Waals surface area contributed by atoms with E-state index in [1.165, 1.54) is 11.1 Å².